The Morgan fingerprint density at radius 3 is 2.05 bits per heavy atom. The molecule has 0 amide bonds. The van der Waals surface area contributed by atoms with Crippen molar-refractivity contribution in [2.24, 2.45) is 0 Å². The van der Waals surface area contributed by atoms with Gasteiger partial charge in [-0.15, -0.1) is 0 Å². The molecule has 1 fully saturated rings. The van der Waals surface area contributed by atoms with Gasteiger partial charge in [0, 0.05) is 18.8 Å². The first kappa shape index (κ1) is 16.0. The highest BCUT2D eigenvalue weighted by Gasteiger charge is 2.31. The molecule has 3 heteroatoms. The lowest BCUT2D eigenvalue weighted by molar-refractivity contribution is -0.108. The normalized spacial score (nSPS) is 19.2. The van der Waals surface area contributed by atoms with E-state index in [1.807, 2.05) is 31.2 Å². The summed E-state index contributed by atoms with van der Waals surface area (Å²) in [5.74, 6) is 0. The Balaban J connectivity index is 0.000000550. The third kappa shape index (κ3) is 4.51. The van der Waals surface area contributed by atoms with E-state index < -0.39 is 5.72 Å². The number of hydrogen-bond acceptors (Lipinski definition) is 3. The van der Waals surface area contributed by atoms with Gasteiger partial charge in [-0.25, -0.2) is 0 Å². The number of hydrogen-bond donors (Lipinski definition) is 2. The van der Waals surface area contributed by atoms with Gasteiger partial charge >= 0.3 is 0 Å². The Morgan fingerprint density at radius 1 is 1.11 bits per heavy atom. The van der Waals surface area contributed by atoms with Crippen molar-refractivity contribution in [3.63, 3.8) is 0 Å². The molecule has 3 nitrogen and oxygen atoms in total. The van der Waals surface area contributed by atoms with Crippen LogP contribution in [0.15, 0.2) is 24.3 Å². The number of piperidine rings is 1. The first-order valence-corrected chi connectivity index (χ1v) is 7.35. The molecule has 1 unspecified atom stereocenters. The Morgan fingerprint density at radius 2 is 1.58 bits per heavy atom. The summed E-state index contributed by atoms with van der Waals surface area (Å²) < 4.78 is 0. The minimum atomic E-state index is -0.867. The van der Waals surface area contributed by atoms with Crippen LogP contribution < -0.4 is 5.73 Å². The first-order valence-electron chi connectivity index (χ1n) is 7.35. The summed E-state index contributed by atoms with van der Waals surface area (Å²) in [6.45, 7) is 8.05. The number of anilines is 1. The van der Waals surface area contributed by atoms with Gasteiger partial charge in [0.2, 0.25) is 0 Å². The SMILES string of the molecule is CC(O)(c1ccc(N)cc1)N1CCCCC1.CCC. The average Bonchev–Trinajstić information content (AvgIpc) is 2.41. The summed E-state index contributed by atoms with van der Waals surface area (Å²) in [6, 6.07) is 7.50. The van der Waals surface area contributed by atoms with Gasteiger partial charge in [-0.2, -0.15) is 0 Å². The van der Waals surface area contributed by atoms with Crippen LogP contribution in [0.1, 0.15) is 52.0 Å². The Bertz CT molecular complexity index is 354. The lowest BCUT2D eigenvalue weighted by Gasteiger charge is -2.39. The molecular formula is C16H28N2O. The van der Waals surface area contributed by atoms with Gasteiger partial charge in [0.15, 0.2) is 0 Å². The van der Waals surface area contributed by atoms with Crippen molar-refractivity contribution in [2.45, 2.75) is 52.2 Å². The lowest BCUT2D eigenvalue weighted by Crippen LogP contribution is -2.46. The number of nitrogens with two attached hydrogens (primary N) is 1. The molecular weight excluding hydrogens is 236 g/mol. The van der Waals surface area contributed by atoms with Crippen LogP contribution in [0.5, 0.6) is 0 Å². The smallest absolute Gasteiger partial charge is 0.141 e. The molecule has 1 atom stereocenters. The van der Waals surface area contributed by atoms with E-state index in [-0.39, 0.29) is 0 Å². The van der Waals surface area contributed by atoms with Crippen LogP contribution in [-0.2, 0) is 5.72 Å². The van der Waals surface area contributed by atoms with Crippen LogP contribution in [-0.4, -0.2) is 23.1 Å². The quantitative estimate of drug-likeness (QED) is 0.806. The van der Waals surface area contributed by atoms with E-state index in [2.05, 4.69) is 18.7 Å². The van der Waals surface area contributed by atoms with Gasteiger partial charge < -0.3 is 10.8 Å². The van der Waals surface area contributed by atoms with E-state index in [0.29, 0.717) is 0 Å². The number of nitrogens with zero attached hydrogens (tertiary/aromatic N) is 1. The molecule has 1 heterocycles. The molecule has 108 valence electrons. The molecule has 19 heavy (non-hydrogen) atoms. The minimum Gasteiger partial charge on any atom is -0.399 e. The second-order valence-corrected chi connectivity index (χ2v) is 5.40. The van der Waals surface area contributed by atoms with Crippen molar-refractivity contribution in [1.29, 1.82) is 0 Å². The molecule has 1 aliphatic heterocycles. The molecule has 0 bridgehead atoms. The number of benzene rings is 1. The summed E-state index contributed by atoms with van der Waals surface area (Å²) in [5.41, 5.74) is 6.44. The fourth-order valence-corrected chi connectivity index (χ4v) is 2.31. The fourth-order valence-electron chi connectivity index (χ4n) is 2.31. The third-order valence-corrected chi connectivity index (χ3v) is 3.43. The highest BCUT2D eigenvalue weighted by Crippen LogP contribution is 2.28. The van der Waals surface area contributed by atoms with Gasteiger partial charge in [0.1, 0.15) is 5.72 Å². The second kappa shape index (κ2) is 7.51. The zero-order chi connectivity index (χ0) is 14.3. The van der Waals surface area contributed by atoms with E-state index in [4.69, 9.17) is 5.73 Å². The van der Waals surface area contributed by atoms with Crippen LogP contribution in [0.25, 0.3) is 0 Å². The number of likely N-dealkylation sites (tertiary alicyclic amines) is 1. The van der Waals surface area contributed by atoms with Crippen molar-refractivity contribution >= 4 is 5.69 Å². The lowest BCUT2D eigenvalue weighted by atomic mass is 9.99. The molecule has 1 saturated heterocycles. The molecule has 2 rings (SSSR count). The van der Waals surface area contributed by atoms with Gasteiger partial charge in [-0.3, -0.25) is 4.90 Å². The Hall–Kier alpha value is -1.06. The molecule has 3 N–H and O–H groups in total. The van der Waals surface area contributed by atoms with Crippen LogP contribution in [0.2, 0.25) is 0 Å². The molecule has 1 aromatic carbocycles. The topological polar surface area (TPSA) is 49.5 Å². The average molecular weight is 264 g/mol. The van der Waals surface area contributed by atoms with Gasteiger partial charge in [-0.05, 0) is 37.5 Å². The summed E-state index contributed by atoms with van der Waals surface area (Å²) in [4.78, 5) is 2.14. The summed E-state index contributed by atoms with van der Waals surface area (Å²) in [7, 11) is 0. The van der Waals surface area contributed by atoms with Crippen LogP contribution in [0, 0.1) is 0 Å². The van der Waals surface area contributed by atoms with Crippen molar-refractivity contribution in [3.05, 3.63) is 29.8 Å². The maximum Gasteiger partial charge on any atom is 0.141 e. The monoisotopic (exact) mass is 264 g/mol. The van der Waals surface area contributed by atoms with Crippen molar-refractivity contribution in [2.75, 3.05) is 18.8 Å². The predicted octanol–water partition coefficient (Wildman–Crippen LogP) is 3.34. The summed E-state index contributed by atoms with van der Waals surface area (Å²) >= 11 is 0. The van der Waals surface area contributed by atoms with Crippen molar-refractivity contribution < 1.29 is 5.11 Å². The largest absolute Gasteiger partial charge is 0.399 e. The maximum atomic E-state index is 10.6. The number of nitrogen functional groups attached to an aromatic ring is 1. The maximum absolute atomic E-state index is 10.6. The molecule has 1 aliphatic rings. The van der Waals surface area contributed by atoms with Gasteiger partial charge in [-0.1, -0.05) is 38.8 Å². The zero-order valence-electron chi connectivity index (χ0n) is 12.5. The fraction of sp³-hybridized carbons (Fsp3) is 0.625. The van der Waals surface area contributed by atoms with E-state index >= 15 is 0 Å². The van der Waals surface area contributed by atoms with E-state index in [9.17, 15) is 5.11 Å². The number of aliphatic hydroxyl groups is 1. The van der Waals surface area contributed by atoms with E-state index in [0.717, 1.165) is 24.3 Å². The van der Waals surface area contributed by atoms with Gasteiger partial charge in [0.25, 0.3) is 0 Å². The molecule has 0 aliphatic carbocycles. The molecule has 1 aromatic rings. The van der Waals surface area contributed by atoms with Crippen molar-refractivity contribution in [1.82, 2.24) is 4.90 Å². The Labute approximate surface area is 117 Å². The molecule has 0 saturated carbocycles. The van der Waals surface area contributed by atoms with Crippen molar-refractivity contribution in [3.8, 4) is 0 Å². The standard InChI is InChI=1S/C13H20N2O.C3H8/c1-13(16,15-9-3-2-4-10-15)11-5-7-12(14)8-6-11;1-3-2/h5-8,16H,2-4,9-10,14H2,1H3;3H2,1-2H3. The van der Waals surface area contributed by atoms with E-state index in [1.165, 1.54) is 25.7 Å². The van der Waals surface area contributed by atoms with Gasteiger partial charge in [0.05, 0.1) is 0 Å². The summed E-state index contributed by atoms with van der Waals surface area (Å²) in [6.07, 6.45) is 4.87. The van der Waals surface area contributed by atoms with Crippen LogP contribution in [0.3, 0.4) is 0 Å². The highest BCUT2D eigenvalue weighted by molar-refractivity contribution is 5.40. The number of rotatable bonds is 2. The molecule has 0 aromatic heterocycles. The summed E-state index contributed by atoms with van der Waals surface area (Å²) in [5, 5.41) is 10.6. The predicted molar refractivity (Wildman–Crippen MR) is 81.8 cm³/mol. The zero-order valence-corrected chi connectivity index (χ0v) is 12.5. The molecule has 0 spiro atoms. The second-order valence-electron chi connectivity index (χ2n) is 5.40. The Kier molecular flexibility index (Phi) is 6.32. The first-order chi connectivity index (χ1) is 9.02. The molecule has 0 radical (unpaired) electrons. The van der Waals surface area contributed by atoms with E-state index in [1.54, 1.807) is 0 Å². The highest BCUT2D eigenvalue weighted by atomic mass is 16.3. The third-order valence-electron chi connectivity index (χ3n) is 3.43. The van der Waals surface area contributed by atoms with Crippen LogP contribution >= 0.6 is 0 Å². The minimum absolute atomic E-state index is 0.734. The van der Waals surface area contributed by atoms with Crippen LogP contribution in [0.4, 0.5) is 5.69 Å².